The molecule has 6 nitrogen and oxygen atoms in total. The summed E-state index contributed by atoms with van der Waals surface area (Å²) < 4.78 is 28.6. The van der Waals surface area contributed by atoms with Gasteiger partial charge in [-0.15, -0.1) is 24.0 Å². The molecular formula is C22H33FIN5OS. The van der Waals surface area contributed by atoms with Crippen LogP contribution in [0.5, 0.6) is 0 Å². The molecule has 1 fully saturated rings. The van der Waals surface area contributed by atoms with Crippen molar-refractivity contribution in [3.8, 4) is 5.69 Å². The summed E-state index contributed by atoms with van der Waals surface area (Å²) in [5, 5.41) is 7.02. The Balaban J connectivity index is 0.00000341. The standard InChI is InChI=1S/C22H32FN5OS.HI/c1-4-24-22(27-18-7-6-8-19(14-18)30(29)5-2)26-15-17-9-10-21(20(23)13-17)28-12-11-25-16(28)3;/h9-13,18-19H,4-8,14-15H2,1-3H3,(H2,24,26,27);1H. The molecule has 172 valence electrons. The third kappa shape index (κ3) is 7.00. The van der Waals surface area contributed by atoms with Gasteiger partial charge in [-0.3, -0.25) is 4.21 Å². The summed E-state index contributed by atoms with van der Waals surface area (Å²) in [6, 6.07) is 5.45. The molecule has 3 unspecified atom stereocenters. The molecule has 1 aliphatic carbocycles. The Bertz CT molecular complexity index is 904. The molecule has 1 aromatic heterocycles. The van der Waals surface area contributed by atoms with Crippen LogP contribution in [0, 0.1) is 12.7 Å². The lowest BCUT2D eigenvalue weighted by atomic mass is 9.95. The first-order valence-electron chi connectivity index (χ1n) is 10.7. The Morgan fingerprint density at radius 3 is 2.81 bits per heavy atom. The van der Waals surface area contributed by atoms with E-state index in [-0.39, 0.29) is 41.1 Å². The predicted molar refractivity (Wildman–Crippen MR) is 136 cm³/mol. The lowest BCUT2D eigenvalue weighted by molar-refractivity contribution is 0.413. The minimum absolute atomic E-state index is 0. The summed E-state index contributed by atoms with van der Waals surface area (Å²) in [5.41, 5.74) is 1.29. The van der Waals surface area contributed by atoms with E-state index in [4.69, 9.17) is 0 Å². The van der Waals surface area contributed by atoms with Crippen molar-refractivity contribution >= 4 is 40.7 Å². The summed E-state index contributed by atoms with van der Waals surface area (Å²) >= 11 is 0. The highest BCUT2D eigenvalue weighted by atomic mass is 127. The van der Waals surface area contributed by atoms with Crippen molar-refractivity contribution in [1.29, 1.82) is 0 Å². The molecule has 1 aromatic carbocycles. The highest BCUT2D eigenvalue weighted by Crippen LogP contribution is 2.23. The third-order valence-corrected chi connectivity index (χ3v) is 7.23. The normalized spacial score (nSPS) is 20.1. The number of aromatic nitrogens is 2. The predicted octanol–water partition coefficient (Wildman–Crippen LogP) is 4.07. The summed E-state index contributed by atoms with van der Waals surface area (Å²) in [5.74, 6) is 1.89. The zero-order chi connectivity index (χ0) is 21.5. The van der Waals surface area contributed by atoms with Crippen LogP contribution in [0.25, 0.3) is 5.69 Å². The van der Waals surface area contributed by atoms with E-state index < -0.39 is 10.8 Å². The molecule has 9 heteroatoms. The van der Waals surface area contributed by atoms with Crippen molar-refractivity contribution < 1.29 is 8.60 Å². The quantitative estimate of drug-likeness (QED) is 0.304. The van der Waals surface area contributed by atoms with E-state index in [0.717, 1.165) is 49.6 Å². The first-order valence-corrected chi connectivity index (χ1v) is 12.1. The number of benzene rings is 1. The van der Waals surface area contributed by atoms with Crippen LogP contribution < -0.4 is 10.6 Å². The van der Waals surface area contributed by atoms with E-state index in [1.165, 1.54) is 6.07 Å². The molecule has 0 amide bonds. The van der Waals surface area contributed by atoms with Crippen LogP contribution in [0.1, 0.15) is 50.9 Å². The Morgan fingerprint density at radius 1 is 1.35 bits per heavy atom. The van der Waals surface area contributed by atoms with Crippen LogP contribution >= 0.6 is 24.0 Å². The smallest absolute Gasteiger partial charge is 0.191 e. The van der Waals surface area contributed by atoms with E-state index >= 15 is 0 Å². The second kappa shape index (κ2) is 12.5. The lowest BCUT2D eigenvalue weighted by Gasteiger charge is -2.30. The molecule has 1 saturated carbocycles. The molecular weight excluding hydrogens is 528 g/mol. The van der Waals surface area contributed by atoms with Crippen LogP contribution in [-0.2, 0) is 17.3 Å². The van der Waals surface area contributed by atoms with Crippen LogP contribution in [0.4, 0.5) is 4.39 Å². The molecule has 2 N–H and O–H groups in total. The maximum Gasteiger partial charge on any atom is 0.191 e. The zero-order valence-electron chi connectivity index (χ0n) is 18.4. The topological polar surface area (TPSA) is 71.3 Å². The minimum Gasteiger partial charge on any atom is -0.357 e. The summed E-state index contributed by atoms with van der Waals surface area (Å²) in [6.45, 7) is 6.98. The third-order valence-electron chi connectivity index (χ3n) is 5.48. The molecule has 2 aromatic rings. The number of hydrogen-bond donors (Lipinski definition) is 2. The first-order chi connectivity index (χ1) is 14.5. The molecule has 0 radical (unpaired) electrons. The van der Waals surface area contributed by atoms with Crippen LogP contribution in [-0.4, -0.2) is 43.3 Å². The first kappa shape index (κ1) is 25.8. The van der Waals surface area contributed by atoms with Gasteiger partial charge in [-0.05, 0) is 50.8 Å². The number of nitrogens with zero attached hydrogens (tertiary/aromatic N) is 3. The Labute approximate surface area is 204 Å². The van der Waals surface area contributed by atoms with Gasteiger partial charge < -0.3 is 15.2 Å². The van der Waals surface area contributed by atoms with Crippen molar-refractivity contribution in [1.82, 2.24) is 20.2 Å². The van der Waals surface area contributed by atoms with Crippen molar-refractivity contribution in [3.05, 3.63) is 47.8 Å². The highest BCUT2D eigenvalue weighted by Gasteiger charge is 2.26. The van der Waals surface area contributed by atoms with Crippen molar-refractivity contribution in [2.45, 2.75) is 64.3 Å². The highest BCUT2D eigenvalue weighted by molar-refractivity contribution is 14.0. The molecule has 0 spiro atoms. The molecule has 31 heavy (non-hydrogen) atoms. The molecule has 0 aliphatic heterocycles. The molecule has 3 rings (SSSR count). The van der Waals surface area contributed by atoms with Crippen molar-refractivity contribution in [2.24, 2.45) is 4.99 Å². The second-order valence-electron chi connectivity index (χ2n) is 7.62. The number of aliphatic imine (C=N–C) groups is 1. The fourth-order valence-corrected chi connectivity index (χ4v) is 5.26. The van der Waals surface area contributed by atoms with E-state index in [2.05, 4.69) is 20.6 Å². The summed E-state index contributed by atoms with van der Waals surface area (Å²) in [7, 11) is -0.754. The van der Waals surface area contributed by atoms with E-state index in [9.17, 15) is 8.60 Å². The second-order valence-corrected chi connectivity index (χ2v) is 9.63. The van der Waals surface area contributed by atoms with E-state index in [1.807, 2.05) is 26.8 Å². The van der Waals surface area contributed by atoms with Gasteiger partial charge in [-0.2, -0.15) is 0 Å². The summed E-state index contributed by atoms with van der Waals surface area (Å²) in [6.07, 6.45) is 7.48. The monoisotopic (exact) mass is 561 g/mol. The number of aryl methyl sites for hydroxylation is 1. The van der Waals surface area contributed by atoms with Gasteiger partial charge in [-0.1, -0.05) is 19.4 Å². The van der Waals surface area contributed by atoms with Gasteiger partial charge in [0, 0.05) is 46.8 Å². The lowest BCUT2D eigenvalue weighted by Crippen LogP contribution is -2.46. The summed E-state index contributed by atoms with van der Waals surface area (Å²) in [4.78, 5) is 8.80. The fraction of sp³-hybridized carbons (Fsp3) is 0.545. The van der Waals surface area contributed by atoms with Crippen LogP contribution in [0.15, 0.2) is 35.6 Å². The molecule has 1 aliphatic rings. The number of hydrogen-bond acceptors (Lipinski definition) is 3. The van der Waals surface area contributed by atoms with Gasteiger partial charge >= 0.3 is 0 Å². The van der Waals surface area contributed by atoms with Gasteiger partial charge in [0.2, 0.25) is 0 Å². The molecule has 1 heterocycles. The van der Waals surface area contributed by atoms with E-state index in [1.54, 1.807) is 23.0 Å². The number of imidazole rings is 1. The maximum atomic E-state index is 14.6. The van der Waals surface area contributed by atoms with Gasteiger partial charge in [-0.25, -0.2) is 14.4 Å². The number of rotatable bonds is 7. The molecule has 0 saturated heterocycles. The number of halogens is 2. The van der Waals surface area contributed by atoms with Gasteiger partial charge in [0.1, 0.15) is 11.6 Å². The van der Waals surface area contributed by atoms with E-state index in [0.29, 0.717) is 18.0 Å². The van der Waals surface area contributed by atoms with Gasteiger partial charge in [0.25, 0.3) is 0 Å². The Kier molecular flexibility index (Phi) is 10.4. The molecule has 3 atom stereocenters. The maximum absolute atomic E-state index is 14.6. The van der Waals surface area contributed by atoms with Gasteiger partial charge in [0.15, 0.2) is 5.96 Å². The zero-order valence-corrected chi connectivity index (χ0v) is 21.6. The van der Waals surface area contributed by atoms with Crippen molar-refractivity contribution in [2.75, 3.05) is 12.3 Å². The fourth-order valence-electron chi connectivity index (χ4n) is 3.91. The largest absolute Gasteiger partial charge is 0.357 e. The Hall–Kier alpha value is -1.49. The number of nitrogens with one attached hydrogen (secondary N) is 2. The van der Waals surface area contributed by atoms with Crippen LogP contribution in [0.2, 0.25) is 0 Å². The SMILES string of the molecule is CCNC(=NCc1ccc(-n2ccnc2C)c(F)c1)NC1CCCC(S(=O)CC)C1.I. The van der Waals surface area contributed by atoms with Gasteiger partial charge in [0.05, 0.1) is 12.2 Å². The Morgan fingerprint density at radius 2 is 2.16 bits per heavy atom. The van der Waals surface area contributed by atoms with Crippen LogP contribution in [0.3, 0.4) is 0 Å². The average molecular weight is 562 g/mol. The van der Waals surface area contributed by atoms with Crippen molar-refractivity contribution in [3.63, 3.8) is 0 Å². The molecule has 0 bridgehead atoms. The number of guanidine groups is 1. The minimum atomic E-state index is -0.754. The average Bonchev–Trinajstić information content (AvgIpc) is 3.17.